The molecule has 3 aromatic rings. The Morgan fingerprint density at radius 3 is 2.76 bits per heavy atom. The quantitative estimate of drug-likeness (QED) is 0.448. The van der Waals surface area contributed by atoms with Crippen molar-refractivity contribution >= 4 is 23.5 Å². The van der Waals surface area contributed by atoms with Crippen LogP contribution in [0.1, 0.15) is 12.0 Å². The van der Waals surface area contributed by atoms with Crippen molar-refractivity contribution in [1.29, 1.82) is 0 Å². The van der Waals surface area contributed by atoms with Gasteiger partial charge in [0.2, 0.25) is 11.7 Å². The number of hydrazine groups is 1. The summed E-state index contributed by atoms with van der Waals surface area (Å²) in [6.45, 7) is 3.74. The number of halogens is 3. The summed E-state index contributed by atoms with van der Waals surface area (Å²) in [6, 6.07) is 6.38. The number of aryl methyl sites for hydroxylation is 1. The van der Waals surface area contributed by atoms with Crippen molar-refractivity contribution in [2.45, 2.75) is 19.1 Å². The Morgan fingerprint density at radius 1 is 1.32 bits per heavy atom. The summed E-state index contributed by atoms with van der Waals surface area (Å²) in [7, 11) is 4.50. The Bertz CT molecular complexity index is 1380. The summed E-state index contributed by atoms with van der Waals surface area (Å²) >= 11 is 6.06. The number of ether oxygens (including phenoxy) is 1. The predicted octanol–water partition coefficient (Wildman–Crippen LogP) is 3.38. The van der Waals surface area contributed by atoms with Crippen molar-refractivity contribution < 1.29 is 23.1 Å². The number of benzene rings is 2. The number of rotatable bonds is 7. The molecule has 4 rings (SSSR count). The first-order valence-corrected chi connectivity index (χ1v) is 11.3. The molecule has 0 saturated heterocycles. The lowest BCUT2D eigenvalue weighted by molar-refractivity contribution is 0.0963. The molecular formula is C23H23ClF2N8O3. The molecule has 2 N–H and O–H groups in total. The fourth-order valence-corrected chi connectivity index (χ4v) is 3.77. The molecule has 0 bridgehead atoms. The fourth-order valence-electron chi connectivity index (χ4n) is 3.56. The maximum absolute atomic E-state index is 15.0. The molecule has 0 fully saturated rings. The first kappa shape index (κ1) is 25.8. The summed E-state index contributed by atoms with van der Waals surface area (Å²) in [5.41, 5.74) is 4.09. The van der Waals surface area contributed by atoms with Crippen LogP contribution >= 0.6 is 11.6 Å². The first-order valence-electron chi connectivity index (χ1n) is 10.9. The van der Waals surface area contributed by atoms with Gasteiger partial charge in [-0.2, -0.15) is 4.80 Å². The number of carbonyl (C=O) groups excluding carboxylic acids is 1. The smallest absolute Gasteiger partial charge is 0.336 e. The molecule has 11 nitrogen and oxygen atoms in total. The number of oxime groups is 1. The summed E-state index contributed by atoms with van der Waals surface area (Å²) < 4.78 is 34.8. The molecule has 1 unspecified atom stereocenters. The molecular weight excluding hydrogens is 510 g/mol. The van der Waals surface area contributed by atoms with Gasteiger partial charge in [-0.3, -0.25) is 5.43 Å². The van der Waals surface area contributed by atoms with E-state index < -0.39 is 23.8 Å². The largest absolute Gasteiger partial charge is 0.482 e. The van der Waals surface area contributed by atoms with Gasteiger partial charge in [0.1, 0.15) is 11.6 Å². The van der Waals surface area contributed by atoms with Crippen molar-refractivity contribution in [3.63, 3.8) is 0 Å². The van der Waals surface area contributed by atoms with Gasteiger partial charge >= 0.3 is 6.03 Å². The lowest BCUT2D eigenvalue weighted by atomic mass is 9.97. The Morgan fingerprint density at radius 2 is 2.11 bits per heavy atom. The minimum atomic E-state index is -0.669. The maximum Gasteiger partial charge on any atom is 0.336 e. The van der Waals surface area contributed by atoms with Gasteiger partial charge in [-0.15, -0.1) is 10.2 Å². The van der Waals surface area contributed by atoms with Crippen LogP contribution in [0.5, 0.6) is 0 Å². The zero-order chi connectivity index (χ0) is 26.7. The highest BCUT2D eigenvalue weighted by Gasteiger charge is 2.26. The van der Waals surface area contributed by atoms with Gasteiger partial charge in [-0.05, 0) is 34.5 Å². The van der Waals surface area contributed by atoms with Crippen LogP contribution in [0.2, 0.25) is 5.02 Å². The van der Waals surface area contributed by atoms with Crippen molar-refractivity contribution in [2.75, 3.05) is 14.2 Å². The van der Waals surface area contributed by atoms with Gasteiger partial charge in [-0.1, -0.05) is 35.5 Å². The van der Waals surface area contributed by atoms with E-state index in [1.54, 1.807) is 13.1 Å². The average molecular weight is 533 g/mol. The molecule has 2 aromatic carbocycles. The van der Waals surface area contributed by atoms with E-state index in [2.05, 4.69) is 37.9 Å². The van der Waals surface area contributed by atoms with Crippen molar-refractivity contribution in [3.8, 4) is 22.5 Å². The van der Waals surface area contributed by atoms with Crippen LogP contribution in [-0.4, -0.2) is 57.4 Å². The zero-order valence-electron chi connectivity index (χ0n) is 20.1. The normalized spacial score (nSPS) is 14.5. The van der Waals surface area contributed by atoms with E-state index in [9.17, 15) is 9.18 Å². The molecule has 2 amide bonds. The van der Waals surface area contributed by atoms with Crippen LogP contribution in [0, 0.1) is 11.6 Å². The second kappa shape index (κ2) is 10.8. The molecule has 0 saturated carbocycles. The van der Waals surface area contributed by atoms with Crippen molar-refractivity contribution in [2.24, 2.45) is 12.2 Å². The Hall–Kier alpha value is -4.26. The van der Waals surface area contributed by atoms with Gasteiger partial charge in [0, 0.05) is 24.2 Å². The number of aromatic nitrogens is 4. The molecule has 37 heavy (non-hydrogen) atoms. The Balaban J connectivity index is 1.43. The highest BCUT2D eigenvalue weighted by atomic mass is 35.5. The number of methoxy groups -OCH3 is 1. The highest BCUT2D eigenvalue weighted by molar-refractivity contribution is 6.31. The number of tetrazole rings is 1. The molecule has 1 atom stereocenters. The van der Waals surface area contributed by atoms with E-state index >= 15 is 4.39 Å². The molecule has 0 spiro atoms. The van der Waals surface area contributed by atoms with Gasteiger partial charge in [0.05, 0.1) is 31.8 Å². The number of carbonyl (C=O) groups is 1. The molecule has 1 aliphatic heterocycles. The molecule has 0 radical (unpaired) electrons. The van der Waals surface area contributed by atoms with Crippen molar-refractivity contribution in [1.82, 2.24) is 36.0 Å². The Kier molecular flexibility index (Phi) is 7.53. The summed E-state index contributed by atoms with van der Waals surface area (Å²) in [6.07, 6.45) is -0.117. The number of amides is 2. The third-order valence-corrected chi connectivity index (χ3v) is 5.68. The molecule has 0 aliphatic carbocycles. The second-order valence-corrected chi connectivity index (χ2v) is 8.50. The van der Waals surface area contributed by atoms with E-state index in [1.165, 1.54) is 37.2 Å². The SMILES string of the molecule is C=C(NN(C)C(=O)NCc1ccc(-c2cc(Cl)cc(F)c2-c2nnn(C)n2)cc1F)C1CC(OC)=NO1. The van der Waals surface area contributed by atoms with E-state index in [0.29, 0.717) is 29.1 Å². The van der Waals surface area contributed by atoms with Crippen LogP contribution in [0.15, 0.2) is 47.8 Å². The molecule has 2 heterocycles. The van der Waals surface area contributed by atoms with Crippen LogP contribution in [0.3, 0.4) is 0 Å². The topological polar surface area (TPSA) is 119 Å². The third-order valence-electron chi connectivity index (χ3n) is 5.46. The predicted molar refractivity (Wildman–Crippen MR) is 131 cm³/mol. The number of urea groups is 1. The number of nitrogens with one attached hydrogen (secondary N) is 2. The fraction of sp³-hybridized carbons (Fsp3) is 0.261. The van der Waals surface area contributed by atoms with Gasteiger partial charge in [0.25, 0.3) is 0 Å². The van der Waals surface area contributed by atoms with E-state index in [0.717, 1.165) is 11.1 Å². The van der Waals surface area contributed by atoms with Crippen LogP contribution in [0.4, 0.5) is 13.6 Å². The second-order valence-electron chi connectivity index (χ2n) is 8.06. The molecule has 194 valence electrons. The summed E-state index contributed by atoms with van der Waals surface area (Å²) in [5.74, 6) is -0.828. The lowest BCUT2D eigenvalue weighted by Gasteiger charge is -2.23. The minimum Gasteiger partial charge on any atom is -0.482 e. The van der Waals surface area contributed by atoms with Crippen LogP contribution in [0.25, 0.3) is 22.5 Å². The Labute approximate surface area is 215 Å². The minimum absolute atomic E-state index is 0.0357. The average Bonchev–Trinajstić information content (AvgIpc) is 3.51. The monoisotopic (exact) mass is 532 g/mol. The summed E-state index contributed by atoms with van der Waals surface area (Å²) in [5, 5.41) is 19.3. The zero-order valence-corrected chi connectivity index (χ0v) is 20.9. The standard InChI is InChI=1S/C23H23ClF2N8O3/c1-12(19-10-20(36-4)31-37-19)29-33(2)23(35)27-11-14-6-5-13(7-17(14)25)16-8-15(24)9-18(26)21(16)22-28-32-34(3)30-22/h5-9,19,29H,1,10-11H2,2-4H3,(H,27,35). The van der Waals surface area contributed by atoms with E-state index in [1.807, 2.05) is 0 Å². The van der Waals surface area contributed by atoms with Gasteiger partial charge < -0.3 is 14.9 Å². The first-order chi connectivity index (χ1) is 17.7. The number of nitrogens with zero attached hydrogens (tertiary/aromatic N) is 6. The third kappa shape index (κ3) is 5.77. The van der Waals surface area contributed by atoms with Gasteiger partial charge in [0.15, 0.2) is 6.10 Å². The summed E-state index contributed by atoms with van der Waals surface area (Å²) in [4.78, 5) is 18.9. The number of hydrogen-bond acceptors (Lipinski definition) is 8. The van der Waals surface area contributed by atoms with Crippen LogP contribution in [-0.2, 0) is 23.2 Å². The highest BCUT2D eigenvalue weighted by Crippen LogP contribution is 2.35. The van der Waals surface area contributed by atoms with E-state index in [4.69, 9.17) is 21.2 Å². The van der Waals surface area contributed by atoms with E-state index in [-0.39, 0.29) is 28.5 Å². The molecule has 1 aliphatic rings. The van der Waals surface area contributed by atoms with Gasteiger partial charge in [-0.25, -0.2) is 18.6 Å². The number of hydrogen-bond donors (Lipinski definition) is 2. The van der Waals surface area contributed by atoms with Crippen molar-refractivity contribution in [3.05, 3.63) is 64.8 Å². The maximum atomic E-state index is 15.0. The molecule has 1 aromatic heterocycles. The molecule has 14 heteroatoms. The van der Waals surface area contributed by atoms with Crippen LogP contribution < -0.4 is 10.7 Å². The lowest BCUT2D eigenvalue weighted by Crippen LogP contribution is -2.46.